The molecule has 0 bridgehead atoms. The number of hydrogen-bond acceptors (Lipinski definition) is 6. The molecule has 0 aliphatic heterocycles. The highest BCUT2D eigenvalue weighted by Gasteiger charge is 2.19. The molecule has 0 aliphatic carbocycles. The van der Waals surface area contributed by atoms with E-state index >= 15 is 0 Å². The van der Waals surface area contributed by atoms with Crippen LogP contribution in [0.3, 0.4) is 0 Å². The summed E-state index contributed by atoms with van der Waals surface area (Å²) in [6.45, 7) is 2.44. The van der Waals surface area contributed by atoms with Crippen LogP contribution in [0.4, 0.5) is 0 Å². The monoisotopic (exact) mass is 399 g/mol. The van der Waals surface area contributed by atoms with Gasteiger partial charge in [-0.3, -0.25) is 30.0 Å². The lowest BCUT2D eigenvalue weighted by atomic mass is 10.1. The van der Waals surface area contributed by atoms with E-state index in [0.29, 0.717) is 17.3 Å². The lowest BCUT2D eigenvalue weighted by Gasteiger charge is -2.11. The number of aromatic nitrogens is 3. The number of carbonyl (C=O) groups excluding carboxylic acids is 2. The number of nitrogens with one attached hydrogen (secondary N) is 2. The predicted molar refractivity (Wildman–Crippen MR) is 104 cm³/mol. The number of benzene rings is 1. The van der Waals surface area contributed by atoms with E-state index in [9.17, 15) is 19.2 Å². The normalized spacial score (nSPS) is 10.8. The van der Waals surface area contributed by atoms with E-state index in [4.69, 9.17) is 4.52 Å². The van der Waals surface area contributed by atoms with E-state index in [1.807, 2.05) is 6.92 Å². The van der Waals surface area contributed by atoms with Gasteiger partial charge in [-0.15, -0.1) is 0 Å². The third-order valence-corrected chi connectivity index (χ3v) is 4.37. The molecule has 2 aromatic heterocycles. The Morgan fingerprint density at radius 2 is 1.76 bits per heavy atom. The van der Waals surface area contributed by atoms with Crippen molar-refractivity contribution in [2.45, 2.75) is 32.7 Å². The number of rotatable bonds is 6. The Kier molecular flexibility index (Phi) is 5.91. The summed E-state index contributed by atoms with van der Waals surface area (Å²) in [5.41, 5.74) is 3.66. The molecule has 0 radical (unpaired) electrons. The molecular weight excluding hydrogens is 378 g/mol. The summed E-state index contributed by atoms with van der Waals surface area (Å²) < 4.78 is 7.11. The average Bonchev–Trinajstić information content (AvgIpc) is 3.06. The molecule has 2 amide bonds. The average molecular weight is 399 g/mol. The van der Waals surface area contributed by atoms with Gasteiger partial charge in [-0.25, -0.2) is 4.68 Å². The van der Waals surface area contributed by atoms with Crippen molar-refractivity contribution in [1.82, 2.24) is 25.4 Å². The third kappa shape index (κ3) is 4.26. The first kappa shape index (κ1) is 20.1. The quantitative estimate of drug-likeness (QED) is 0.469. The highest BCUT2D eigenvalue weighted by Crippen LogP contribution is 2.13. The molecule has 2 N–H and O–H groups in total. The minimum Gasteiger partial charge on any atom is -0.371 e. The summed E-state index contributed by atoms with van der Waals surface area (Å²) in [6, 6.07) is 7.65. The largest absolute Gasteiger partial charge is 0.371 e. The highest BCUT2D eigenvalue weighted by molar-refractivity contribution is 6.05. The van der Waals surface area contributed by atoms with Gasteiger partial charge >= 0.3 is 5.91 Å². The smallest absolute Gasteiger partial charge is 0.308 e. The lowest BCUT2D eigenvalue weighted by Crippen LogP contribution is -2.42. The fourth-order valence-electron chi connectivity index (χ4n) is 2.83. The van der Waals surface area contributed by atoms with Crippen LogP contribution in [-0.4, -0.2) is 26.3 Å². The van der Waals surface area contributed by atoms with Gasteiger partial charge in [0, 0.05) is 19.0 Å². The maximum Gasteiger partial charge on any atom is 0.308 e. The topological polar surface area (TPSA) is 128 Å². The second-order valence-corrected chi connectivity index (χ2v) is 6.47. The highest BCUT2D eigenvalue weighted by atomic mass is 16.5. The van der Waals surface area contributed by atoms with E-state index in [0.717, 1.165) is 30.1 Å². The van der Waals surface area contributed by atoms with Crippen LogP contribution in [0.1, 0.15) is 47.2 Å². The molecule has 2 heterocycles. The van der Waals surface area contributed by atoms with E-state index < -0.39 is 17.4 Å². The number of hydrazine groups is 1. The molecule has 0 unspecified atom stereocenters. The molecule has 10 nitrogen and oxygen atoms in total. The SMILES string of the molecule is CCCCCn1nc(C(=O)NNC(=O)c2cc(=O)n(C)o2)c2ccccc2c1=O. The number of hydrogen-bond donors (Lipinski definition) is 2. The van der Waals surface area contributed by atoms with Crippen molar-refractivity contribution in [3.8, 4) is 0 Å². The minimum atomic E-state index is -0.795. The summed E-state index contributed by atoms with van der Waals surface area (Å²) in [4.78, 5) is 48.7. The summed E-state index contributed by atoms with van der Waals surface area (Å²) in [6.07, 6.45) is 2.67. The van der Waals surface area contributed by atoms with Crippen LogP contribution in [0.25, 0.3) is 10.8 Å². The number of unbranched alkanes of at least 4 members (excludes halogenated alkanes) is 2. The van der Waals surface area contributed by atoms with Crippen LogP contribution in [0, 0.1) is 0 Å². The van der Waals surface area contributed by atoms with Gasteiger partial charge in [0.2, 0.25) is 5.76 Å². The van der Waals surface area contributed by atoms with Crippen molar-refractivity contribution >= 4 is 22.6 Å². The maximum absolute atomic E-state index is 12.7. The Morgan fingerprint density at radius 3 is 2.41 bits per heavy atom. The van der Waals surface area contributed by atoms with Gasteiger partial charge in [-0.05, 0) is 12.5 Å². The van der Waals surface area contributed by atoms with Crippen molar-refractivity contribution in [2.75, 3.05) is 0 Å². The van der Waals surface area contributed by atoms with Gasteiger partial charge in [0.15, 0.2) is 5.69 Å². The zero-order valence-corrected chi connectivity index (χ0v) is 16.1. The van der Waals surface area contributed by atoms with Crippen molar-refractivity contribution < 1.29 is 14.1 Å². The molecule has 152 valence electrons. The first-order valence-corrected chi connectivity index (χ1v) is 9.20. The second-order valence-electron chi connectivity index (χ2n) is 6.47. The summed E-state index contributed by atoms with van der Waals surface area (Å²) in [5.74, 6) is -1.74. The first-order valence-electron chi connectivity index (χ1n) is 9.20. The Labute approximate surface area is 165 Å². The number of amides is 2. The van der Waals surface area contributed by atoms with Crippen LogP contribution in [0.2, 0.25) is 0 Å². The van der Waals surface area contributed by atoms with Gasteiger partial charge in [-0.2, -0.15) is 9.84 Å². The van der Waals surface area contributed by atoms with Gasteiger partial charge in [0.1, 0.15) is 0 Å². The molecule has 0 saturated carbocycles. The van der Waals surface area contributed by atoms with E-state index in [1.165, 1.54) is 11.7 Å². The van der Waals surface area contributed by atoms with Crippen LogP contribution in [0.5, 0.6) is 0 Å². The van der Waals surface area contributed by atoms with Gasteiger partial charge in [-0.1, -0.05) is 38.0 Å². The molecule has 0 aliphatic rings. The lowest BCUT2D eigenvalue weighted by molar-refractivity contribution is 0.0815. The first-order chi connectivity index (χ1) is 13.9. The van der Waals surface area contributed by atoms with Crippen LogP contribution >= 0.6 is 0 Å². The molecule has 0 fully saturated rings. The molecule has 3 aromatic rings. The predicted octanol–water partition coefficient (Wildman–Crippen LogP) is 0.953. The molecular formula is C19H21N5O5. The Morgan fingerprint density at radius 1 is 1.07 bits per heavy atom. The van der Waals surface area contributed by atoms with Crippen LogP contribution < -0.4 is 22.0 Å². The molecule has 10 heteroatoms. The van der Waals surface area contributed by atoms with Gasteiger partial charge in [0.05, 0.1) is 11.5 Å². The van der Waals surface area contributed by atoms with Crippen molar-refractivity contribution in [2.24, 2.45) is 7.05 Å². The second kappa shape index (κ2) is 8.55. The van der Waals surface area contributed by atoms with E-state index in [1.54, 1.807) is 24.3 Å². The summed E-state index contributed by atoms with van der Waals surface area (Å²) in [7, 11) is 1.36. The summed E-state index contributed by atoms with van der Waals surface area (Å²) in [5, 5.41) is 4.95. The molecule has 0 spiro atoms. The van der Waals surface area contributed by atoms with E-state index in [2.05, 4.69) is 16.0 Å². The Bertz CT molecular complexity index is 1170. The van der Waals surface area contributed by atoms with Crippen LogP contribution in [0.15, 0.2) is 44.4 Å². The Balaban J connectivity index is 1.86. The zero-order chi connectivity index (χ0) is 21.0. The molecule has 29 heavy (non-hydrogen) atoms. The van der Waals surface area contributed by atoms with E-state index in [-0.39, 0.29) is 17.0 Å². The number of carbonyl (C=O) groups is 2. The molecule has 0 atom stereocenters. The fraction of sp³-hybridized carbons (Fsp3) is 0.316. The minimum absolute atomic E-state index is 0.00603. The van der Waals surface area contributed by atoms with Crippen molar-refractivity contribution in [3.05, 3.63) is 62.5 Å². The third-order valence-electron chi connectivity index (χ3n) is 4.37. The zero-order valence-electron chi connectivity index (χ0n) is 16.1. The Hall–Kier alpha value is -3.69. The van der Waals surface area contributed by atoms with Crippen molar-refractivity contribution in [3.63, 3.8) is 0 Å². The molecule has 0 saturated heterocycles. The maximum atomic E-state index is 12.7. The number of nitrogens with zero attached hydrogens (tertiary/aromatic N) is 3. The standard InChI is InChI=1S/C19H21N5O5/c1-3-4-7-10-24-19(28)13-9-6-5-8-12(13)16(22-24)18(27)21-20-17(26)14-11-15(25)23(2)29-14/h5-6,8-9,11H,3-4,7,10H2,1-2H3,(H,20,26)(H,21,27). The van der Waals surface area contributed by atoms with Gasteiger partial charge in [0.25, 0.3) is 17.0 Å². The molecule has 1 aromatic carbocycles. The number of fused-ring (bicyclic) bond motifs is 1. The molecule has 3 rings (SSSR count). The fourth-order valence-corrected chi connectivity index (χ4v) is 2.83. The van der Waals surface area contributed by atoms with Gasteiger partial charge < -0.3 is 4.52 Å². The summed E-state index contributed by atoms with van der Waals surface area (Å²) >= 11 is 0. The van der Waals surface area contributed by atoms with Crippen molar-refractivity contribution in [1.29, 1.82) is 0 Å². The van der Waals surface area contributed by atoms with Crippen LogP contribution in [-0.2, 0) is 13.6 Å². The number of aryl methyl sites for hydroxylation is 2.